The summed E-state index contributed by atoms with van der Waals surface area (Å²) in [5, 5.41) is 4.50. The molecule has 0 spiro atoms. The summed E-state index contributed by atoms with van der Waals surface area (Å²) in [7, 11) is 4.12. The van der Waals surface area contributed by atoms with Crippen molar-refractivity contribution in [3.8, 4) is 0 Å². The van der Waals surface area contributed by atoms with Gasteiger partial charge >= 0.3 is 0 Å². The minimum atomic E-state index is 0.164. The number of nitrogens with zero attached hydrogens (tertiary/aromatic N) is 5. The molecule has 1 aromatic carbocycles. The molecule has 1 fully saturated rings. The number of aliphatic imine (C=N–C) groups is 1. The van der Waals surface area contributed by atoms with Gasteiger partial charge in [-0.2, -0.15) is 5.10 Å². The molecule has 6 heteroatoms. The summed E-state index contributed by atoms with van der Waals surface area (Å²) in [5.41, 5.74) is 5.68. The van der Waals surface area contributed by atoms with Crippen molar-refractivity contribution in [2.75, 3.05) is 38.1 Å². The van der Waals surface area contributed by atoms with Crippen LogP contribution in [0.4, 0.5) is 11.5 Å². The Morgan fingerprint density at radius 1 is 1.07 bits per heavy atom. The van der Waals surface area contributed by atoms with Crippen LogP contribution in [0.1, 0.15) is 53.2 Å². The van der Waals surface area contributed by atoms with Crippen LogP contribution in [0.3, 0.4) is 0 Å². The summed E-state index contributed by atoms with van der Waals surface area (Å²) in [5.74, 6) is 1.53. The van der Waals surface area contributed by atoms with E-state index in [1.165, 1.54) is 0 Å². The lowest BCUT2D eigenvalue weighted by Gasteiger charge is -2.34. The van der Waals surface area contributed by atoms with Gasteiger partial charge in [0, 0.05) is 38.8 Å². The highest BCUT2D eigenvalue weighted by Crippen LogP contribution is 2.36. The SMILES string of the molecule is Cc1cc2c(c(C(C)C)c1)C(=O)CC(c1cnn(C)c1N1CCN(C)CC1)=N2. The monoisotopic (exact) mass is 379 g/mol. The van der Waals surface area contributed by atoms with Crippen LogP contribution in [0.25, 0.3) is 0 Å². The first-order chi connectivity index (χ1) is 13.3. The van der Waals surface area contributed by atoms with Crippen LogP contribution in [-0.2, 0) is 7.05 Å². The maximum Gasteiger partial charge on any atom is 0.171 e. The van der Waals surface area contributed by atoms with Crippen molar-refractivity contribution in [1.82, 2.24) is 14.7 Å². The van der Waals surface area contributed by atoms with E-state index in [0.29, 0.717) is 12.3 Å². The molecule has 4 rings (SSSR count). The lowest BCUT2D eigenvalue weighted by molar-refractivity contribution is 0.0998. The molecule has 0 N–H and O–H groups in total. The van der Waals surface area contributed by atoms with Crippen LogP contribution >= 0.6 is 0 Å². The van der Waals surface area contributed by atoms with Gasteiger partial charge in [0.05, 0.1) is 29.6 Å². The fourth-order valence-corrected chi connectivity index (χ4v) is 4.25. The van der Waals surface area contributed by atoms with Crippen LogP contribution in [-0.4, -0.2) is 59.4 Å². The minimum absolute atomic E-state index is 0.164. The molecule has 0 aliphatic carbocycles. The number of benzene rings is 1. The molecule has 1 saturated heterocycles. The van der Waals surface area contributed by atoms with Crippen molar-refractivity contribution in [3.63, 3.8) is 0 Å². The number of fused-ring (bicyclic) bond motifs is 1. The molecule has 0 atom stereocenters. The molecule has 2 aliphatic rings. The van der Waals surface area contributed by atoms with Crippen LogP contribution in [0.5, 0.6) is 0 Å². The van der Waals surface area contributed by atoms with Crippen LogP contribution in [0, 0.1) is 6.92 Å². The third-order valence-corrected chi connectivity index (χ3v) is 5.80. The Morgan fingerprint density at radius 2 is 1.79 bits per heavy atom. The van der Waals surface area contributed by atoms with Crippen molar-refractivity contribution in [2.24, 2.45) is 12.0 Å². The number of ketones is 1. The topological polar surface area (TPSA) is 53.7 Å². The molecule has 0 saturated carbocycles. The highest BCUT2D eigenvalue weighted by atomic mass is 16.1. The Hall–Kier alpha value is -2.47. The van der Waals surface area contributed by atoms with Crippen molar-refractivity contribution in [3.05, 3.63) is 40.6 Å². The Labute approximate surface area is 166 Å². The normalized spacial score (nSPS) is 17.9. The summed E-state index contributed by atoms with van der Waals surface area (Å²) in [6.45, 7) is 10.3. The average molecular weight is 380 g/mol. The van der Waals surface area contributed by atoms with Gasteiger partial charge in [0.25, 0.3) is 0 Å². The number of hydrogen-bond donors (Lipinski definition) is 0. The number of hydrogen-bond acceptors (Lipinski definition) is 5. The van der Waals surface area contributed by atoms with Gasteiger partial charge in [-0.05, 0) is 37.1 Å². The quantitative estimate of drug-likeness (QED) is 0.821. The Balaban J connectivity index is 1.78. The van der Waals surface area contributed by atoms with Gasteiger partial charge < -0.3 is 9.80 Å². The largest absolute Gasteiger partial charge is 0.354 e. The maximum absolute atomic E-state index is 13.1. The van der Waals surface area contributed by atoms with Crippen molar-refractivity contribution in [1.29, 1.82) is 0 Å². The fraction of sp³-hybridized carbons (Fsp3) is 0.500. The standard InChI is InChI=1S/C22H29N5O/c1-14(2)16-10-15(3)11-19-21(16)20(28)12-18(24-19)17-13-23-26(5)22(17)27-8-6-25(4)7-9-27/h10-11,13-14H,6-9,12H2,1-5H3. The summed E-state index contributed by atoms with van der Waals surface area (Å²) < 4.78 is 1.92. The smallest absolute Gasteiger partial charge is 0.171 e. The molecule has 0 amide bonds. The van der Waals surface area contributed by atoms with Crippen LogP contribution in [0.2, 0.25) is 0 Å². The van der Waals surface area contributed by atoms with E-state index in [2.05, 4.69) is 48.8 Å². The highest BCUT2D eigenvalue weighted by molar-refractivity contribution is 6.22. The Morgan fingerprint density at radius 3 is 2.46 bits per heavy atom. The van der Waals surface area contributed by atoms with Gasteiger partial charge in [0.15, 0.2) is 5.78 Å². The molecule has 0 bridgehead atoms. The minimum Gasteiger partial charge on any atom is -0.354 e. The van der Waals surface area contributed by atoms with Crippen LogP contribution in [0.15, 0.2) is 23.3 Å². The predicted molar refractivity (Wildman–Crippen MR) is 113 cm³/mol. The molecule has 2 aromatic rings. The number of rotatable bonds is 3. The van der Waals surface area contributed by atoms with Gasteiger partial charge in [-0.15, -0.1) is 0 Å². The zero-order chi connectivity index (χ0) is 20.0. The van der Waals surface area contributed by atoms with Crippen molar-refractivity contribution < 1.29 is 4.79 Å². The van der Waals surface area contributed by atoms with Crippen molar-refractivity contribution >= 4 is 23.0 Å². The molecule has 2 aliphatic heterocycles. The number of aromatic nitrogens is 2. The number of piperazine rings is 1. The second kappa shape index (κ2) is 7.17. The third kappa shape index (κ3) is 3.26. The third-order valence-electron chi connectivity index (χ3n) is 5.80. The van der Waals surface area contributed by atoms with Gasteiger partial charge in [0.1, 0.15) is 5.82 Å². The van der Waals surface area contributed by atoms with E-state index < -0.39 is 0 Å². The first kappa shape index (κ1) is 18.9. The number of likely N-dealkylation sites (N-methyl/N-ethyl adjacent to an activating group) is 1. The second-order valence-electron chi connectivity index (χ2n) is 8.36. The Bertz CT molecular complexity index is 948. The molecule has 3 heterocycles. The van der Waals surface area contributed by atoms with Gasteiger partial charge in [-0.1, -0.05) is 19.9 Å². The number of Topliss-reactive ketones (excluding diaryl/α,β-unsaturated/α-hetero) is 1. The zero-order valence-electron chi connectivity index (χ0n) is 17.5. The summed E-state index contributed by atoms with van der Waals surface area (Å²) in [6.07, 6.45) is 2.20. The summed E-state index contributed by atoms with van der Waals surface area (Å²) in [4.78, 5) is 22.8. The van der Waals surface area contributed by atoms with E-state index in [1.807, 2.05) is 24.0 Å². The second-order valence-corrected chi connectivity index (χ2v) is 8.36. The number of carbonyl (C=O) groups is 1. The zero-order valence-corrected chi connectivity index (χ0v) is 17.5. The Kier molecular flexibility index (Phi) is 4.83. The first-order valence-electron chi connectivity index (χ1n) is 10.1. The lowest BCUT2D eigenvalue weighted by Crippen LogP contribution is -2.45. The van der Waals surface area contributed by atoms with Gasteiger partial charge in [-0.25, -0.2) is 0 Å². The molecular weight excluding hydrogens is 350 g/mol. The maximum atomic E-state index is 13.1. The summed E-state index contributed by atoms with van der Waals surface area (Å²) >= 11 is 0. The lowest BCUT2D eigenvalue weighted by atomic mass is 9.87. The van der Waals surface area contributed by atoms with E-state index in [-0.39, 0.29) is 5.78 Å². The number of carbonyl (C=O) groups excluding carboxylic acids is 1. The van der Waals surface area contributed by atoms with E-state index in [9.17, 15) is 4.79 Å². The highest BCUT2D eigenvalue weighted by Gasteiger charge is 2.29. The van der Waals surface area contributed by atoms with E-state index >= 15 is 0 Å². The molecule has 1 aromatic heterocycles. The van der Waals surface area contributed by atoms with E-state index in [1.54, 1.807) is 0 Å². The van der Waals surface area contributed by atoms with E-state index in [0.717, 1.165) is 65.6 Å². The molecule has 28 heavy (non-hydrogen) atoms. The first-order valence-corrected chi connectivity index (χ1v) is 10.1. The van der Waals surface area contributed by atoms with Crippen LogP contribution < -0.4 is 4.90 Å². The average Bonchev–Trinajstić information content (AvgIpc) is 3.02. The summed E-state index contributed by atoms with van der Waals surface area (Å²) in [6, 6.07) is 4.16. The van der Waals surface area contributed by atoms with Gasteiger partial charge in [0.2, 0.25) is 0 Å². The fourth-order valence-electron chi connectivity index (χ4n) is 4.25. The molecule has 6 nitrogen and oxygen atoms in total. The molecule has 0 unspecified atom stereocenters. The van der Waals surface area contributed by atoms with Gasteiger partial charge in [-0.3, -0.25) is 14.5 Å². The molecule has 148 valence electrons. The number of aryl methyl sites for hydroxylation is 2. The molecular formula is C22H29N5O. The van der Waals surface area contributed by atoms with Crippen molar-refractivity contribution in [2.45, 2.75) is 33.1 Å². The van der Waals surface area contributed by atoms with E-state index in [4.69, 9.17) is 4.99 Å². The predicted octanol–water partition coefficient (Wildman–Crippen LogP) is 3.31. The number of anilines is 1. The molecule has 0 radical (unpaired) electrons.